The van der Waals surface area contributed by atoms with Crippen LogP contribution in [0.15, 0.2) is 243 Å². The Morgan fingerprint density at radius 3 is 1.05 bits per heavy atom. The molecule has 8 aromatic rings. The molecule has 14 atom stereocenters. The Labute approximate surface area is 559 Å². The second-order valence-corrected chi connectivity index (χ2v) is 22.4. The van der Waals surface area contributed by atoms with Gasteiger partial charge in [0.15, 0.2) is 42.9 Å². The molecule has 0 unspecified atom stereocenters. The molecular weight excluding hydrogens is 1270 g/mol. The summed E-state index contributed by atoms with van der Waals surface area (Å²) in [7, 11) is 0. The summed E-state index contributed by atoms with van der Waals surface area (Å²) in [4.78, 5) is 116. The van der Waals surface area contributed by atoms with Crippen LogP contribution in [0.3, 0.4) is 0 Å². The Morgan fingerprint density at radius 1 is 0.327 bits per heavy atom. The van der Waals surface area contributed by atoms with Crippen molar-refractivity contribution in [1.29, 1.82) is 0 Å². The molecular formula is C74H64O24. The molecule has 0 amide bonds. The summed E-state index contributed by atoms with van der Waals surface area (Å²) in [6.07, 6.45) is -26.1. The van der Waals surface area contributed by atoms with E-state index in [0.717, 1.165) is 0 Å². The van der Waals surface area contributed by atoms with E-state index in [1.54, 1.807) is 72.8 Å². The number of aliphatic hydroxyl groups excluding tert-OH is 3. The van der Waals surface area contributed by atoms with E-state index in [1.165, 1.54) is 170 Å². The van der Waals surface area contributed by atoms with Crippen LogP contribution < -0.4 is 0 Å². The third kappa shape index (κ3) is 16.5. The molecule has 3 aliphatic heterocycles. The minimum atomic E-state index is -2.97. The number of carbonyl (C=O) groups excluding carboxylic acids is 8. The lowest BCUT2D eigenvalue weighted by Crippen LogP contribution is -2.66. The molecule has 0 bridgehead atoms. The lowest BCUT2D eigenvalue weighted by atomic mass is 9.96. The summed E-state index contributed by atoms with van der Waals surface area (Å²) in [5.74, 6) is -11.5. The summed E-state index contributed by atoms with van der Waals surface area (Å²) >= 11 is 0. The lowest BCUT2D eigenvalue weighted by molar-refractivity contribution is -0.385. The number of rotatable bonds is 24. The highest BCUT2D eigenvalue weighted by Crippen LogP contribution is 2.43. The van der Waals surface area contributed by atoms with Crippen molar-refractivity contribution in [3.63, 3.8) is 0 Å². The molecule has 3 fully saturated rings. The number of ether oxygens (including phenoxy) is 13. The minimum Gasteiger partial charge on any atom is -0.459 e. The molecule has 3 aliphatic rings. The fourth-order valence-corrected chi connectivity index (χ4v) is 10.9. The van der Waals surface area contributed by atoms with E-state index in [-0.39, 0.29) is 44.5 Å². The number of aliphatic hydroxyl groups is 3. The normalized spacial score (nSPS) is 24.9. The van der Waals surface area contributed by atoms with Crippen molar-refractivity contribution in [3.05, 3.63) is 287 Å². The average molecular weight is 1340 g/mol. The van der Waals surface area contributed by atoms with E-state index in [4.69, 9.17) is 61.6 Å². The zero-order valence-corrected chi connectivity index (χ0v) is 51.8. The van der Waals surface area contributed by atoms with Gasteiger partial charge in [0.05, 0.1) is 57.7 Å². The molecule has 24 heteroatoms. The minimum absolute atomic E-state index is 0.00110. The van der Waals surface area contributed by atoms with Crippen LogP contribution in [0.25, 0.3) is 0 Å². The molecule has 11 rings (SSSR count). The van der Waals surface area contributed by atoms with E-state index in [2.05, 4.69) is 0 Å². The zero-order chi connectivity index (χ0) is 68.5. The monoisotopic (exact) mass is 1340 g/mol. The number of hydrogen-bond acceptors (Lipinski definition) is 24. The number of hydrogen-bond donors (Lipinski definition) is 3. The summed E-state index contributed by atoms with van der Waals surface area (Å²) < 4.78 is 82.9. The van der Waals surface area contributed by atoms with Crippen molar-refractivity contribution in [2.45, 2.75) is 85.5 Å². The molecule has 3 heterocycles. The van der Waals surface area contributed by atoms with Crippen molar-refractivity contribution in [2.24, 2.45) is 0 Å². The summed E-state index contributed by atoms with van der Waals surface area (Å²) in [6.45, 7) is -3.93. The maximum Gasteiger partial charge on any atom is 0.338 e. The van der Waals surface area contributed by atoms with Crippen molar-refractivity contribution >= 4 is 47.8 Å². The maximum atomic E-state index is 14.9. The smallest absolute Gasteiger partial charge is 0.338 e. The highest BCUT2D eigenvalue weighted by atomic mass is 16.8. The van der Waals surface area contributed by atoms with Gasteiger partial charge in [0.25, 0.3) is 0 Å². The van der Waals surface area contributed by atoms with Crippen LogP contribution in [-0.2, 0) is 61.6 Å². The molecule has 3 saturated heterocycles. The zero-order valence-electron chi connectivity index (χ0n) is 51.8. The van der Waals surface area contributed by atoms with Gasteiger partial charge in [-0.1, -0.05) is 146 Å². The summed E-state index contributed by atoms with van der Waals surface area (Å²) in [5, 5.41) is 33.3. The third-order valence-electron chi connectivity index (χ3n) is 15.9. The molecule has 24 nitrogen and oxygen atoms in total. The second-order valence-electron chi connectivity index (χ2n) is 22.4. The molecule has 0 radical (unpaired) electrons. The van der Waals surface area contributed by atoms with Crippen LogP contribution >= 0.6 is 0 Å². The van der Waals surface area contributed by atoms with Crippen molar-refractivity contribution in [2.75, 3.05) is 26.4 Å². The van der Waals surface area contributed by atoms with Crippen LogP contribution in [0.4, 0.5) is 0 Å². The summed E-state index contributed by atoms with van der Waals surface area (Å²) in [6, 6.07) is 60.1. The predicted octanol–water partition coefficient (Wildman–Crippen LogP) is 7.35. The van der Waals surface area contributed by atoms with Gasteiger partial charge < -0.3 is 76.9 Å². The summed E-state index contributed by atoms with van der Waals surface area (Å²) in [5.41, 5.74) is -0.375. The molecule has 0 spiro atoms. The van der Waals surface area contributed by atoms with Crippen molar-refractivity contribution < 1.29 is 115 Å². The highest BCUT2D eigenvalue weighted by Gasteiger charge is 2.66. The number of benzene rings is 8. The fourth-order valence-electron chi connectivity index (χ4n) is 10.9. The average Bonchev–Trinajstić information content (AvgIpc) is 1.43. The first-order valence-electron chi connectivity index (χ1n) is 30.9. The Hall–Kier alpha value is -10.8. The molecule has 0 aliphatic carbocycles. The molecule has 0 aromatic heterocycles. The van der Waals surface area contributed by atoms with Gasteiger partial charge in [-0.25, -0.2) is 38.4 Å². The number of esters is 8. The van der Waals surface area contributed by atoms with Crippen LogP contribution in [0.5, 0.6) is 0 Å². The lowest BCUT2D eigenvalue weighted by Gasteiger charge is -2.47. The quantitative estimate of drug-likeness (QED) is 0.0393. The van der Waals surface area contributed by atoms with Gasteiger partial charge in [0.2, 0.25) is 12.1 Å². The number of carbonyl (C=O) groups is 8. The Kier molecular flexibility index (Phi) is 22.6. The standard InChI is InChI=1S/C74H64O24/c75-41-53-56(76)57(77)60(93-68(82)49-33-17-5-18-34-49)72(89-53)87-42-54-58(91-66(80)47-29-13-3-14-30-47)61(94-69(83)50-35-19-6-20-36-50)62(95-70(84)51-37-21-7-22-38-51)73(90-54)98-74(44-88-65(79)46-27-11-2-12-28-46)63(96-71(85)52-39-23-8-24-40-52)59(92-67(81)48-31-15-4-16-32-48)55(97-74)43-86-64(78)45-25-9-1-10-26-45/h1-40,53-63,72-73,75-77H,41-44H2/t53-,54-,55-,56+,57+,58-,59-,60-,61+,62-,63+,72+,73-,74+/m1/s1. The molecule has 8 aromatic carbocycles. The van der Waals surface area contributed by atoms with Crippen LogP contribution in [0, 0.1) is 0 Å². The van der Waals surface area contributed by atoms with E-state index in [1.807, 2.05) is 0 Å². The Morgan fingerprint density at radius 2 is 0.653 bits per heavy atom. The third-order valence-corrected chi connectivity index (χ3v) is 15.9. The van der Waals surface area contributed by atoms with Crippen molar-refractivity contribution in [1.82, 2.24) is 0 Å². The molecule has 504 valence electrons. The second kappa shape index (κ2) is 32.3. The van der Waals surface area contributed by atoms with E-state index in [0.29, 0.717) is 0 Å². The molecule has 0 saturated carbocycles. The largest absolute Gasteiger partial charge is 0.459 e. The van der Waals surface area contributed by atoms with Gasteiger partial charge >= 0.3 is 47.8 Å². The highest BCUT2D eigenvalue weighted by molar-refractivity contribution is 5.93. The first-order valence-corrected chi connectivity index (χ1v) is 30.9. The van der Waals surface area contributed by atoms with E-state index < -0.39 is 160 Å². The Bertz CT molecular complexity index is 3990. The van der Waals surface area contributed by atoms with Gasteiger partial charge in [0.1, 0.15) is 43.7 Å². The van der Waals surface area contributed by atoms with Crippen LogP contribution in [-0.4, -0.2) is 175 Å². The van der Waals surface area contributed by atoms with Gasteiger partial charge in [-0.3, -0.25) is 0 Å². The first kappa shape index (κ1) is 68.6. The first-order chi connectivity index (χ1) is 47.7. The SMILES string of the molecule is O=C(OC[C@H]1O[C@@](COC(=O)c2ccccc2)(O[C@H]2O[C@H](CO[C@H]3O[C@H](CO)[C@H](O)[C@H](O)[C@H]3OC(=O)c3ccccc3)[C@@H](OC(=O)c3ccccc3)[C@H](OC(=O)c3ccccc3)[C@H]2OC(=O)c2ccccc2)[C@@H](OC(=O)c2ccccc2)[C@@H]1OC(=O)c1ccccc1)c1ccccc1. The van der Waals surface area contributed by atoms with Crippen LogP contribution in [0.1, 0.15) is 82.9 Å². The predicted molar refractivity (Wildman–Crippen MR) is 338 cm³/mol. The van der Waals surface area contributed by atoms with E-state index >= 15 is 0 Å². The van der Waals surface area contributed by atoms with Gasteiger partial charge in [-0.2, -0.15) is 0 Å². The molecule has 98 heavy (non-hydrogen) atoms. The van der Waals surface area contributed by atoms with Crippen LogP contribution in [0.2, 0.25) is 0 Å². The van der Waals surface area contributed by atoms with E-state index in [9.17, 15) is 53.7 Å². The fraction of sp³-hybridized carbons (Fsp3) is 0.243. The topological polar surface area (TPSA) is 317 Å². The molecule has 3 N–H and O–H groups in total. The van der Waals surface area contributed by atoms with Gasteiger partial charge in [-0.05, 0) is 97.1 Å². The van der Waals surface area contributed by atoms with Crippen molar-refractivity contribution in [3.8, 4) is 0 Å². The van der Waals surface area contributed by atoms with Gasteiger partial charge in [-0.15, -0.1) is 0 Å². The Balaban J connectivity index is 1.09. The van der Waals surface area contributed by atoms with Gasteiger partial charge in [0, 0.05) is 0 Å². The maximum absolute atomic E-state index is 14.9.